The molecule has 5 nitrogen and oxygen atoms in total. The van der Waals surface area contributed by atoms with E-state index in [9.17, 15) is 0 Å². The quantitative estimate of drug-likeness (QED) is 0.619. The van der Waals surface area contributed by atoms with Crippen LogP contribution in [-0.2, 0) is 0 Å². The molecule has 180 valence electrons. The first-order chi connectivity index (χ1) is 15.7. The minimum Gasteiger partial charge on any atom is -0.332 e. The number of anilines is 1. The minimum absolute atomic E-state index is 0.587. The number of fused-ring (bicyclic) bond motifs is 2. The van der Waals surface area contributed by atoms with Crippen molar-refractivity contribution in [3.8, 4) is 0 Å². The second-order valence-corrected chi connectivity index (χ2v) is 10.6. The van der Waals surface area contributed by atoms with Crippen LogP contribution in [0.3, 0.4) is 0 Å². The Hall–Kier alpha value is -1.20. The van der Waals surface area contributed by atoms with Crippen LogP contribution in [0.4, 0.5) is 5.95 Å². The van der Waals surface area contributed by atoms with Crippen LogP contribution in [-0.4, -0.2) is 70.1 Å². The number of hydrogen-bond donors (Lipinski definition) is 0. The largest absolute Gasteiger partial charge is 0.332 e. The maximum Gasteiger partial charge on any atom is 0.225 e. The van der Waals surface area contributed by atoms with E-state index in [0.717, 1.165) is 12.0 Å². The summed E-state index contributed by atoms with van der Waals surface area (Å²) in [5.41, 5.74) is 1.37. The number of rotatable bonds is 4. The molecule has 0 spiro atoms. The first-order valence-corrected chi connectivity index (χ1v) is 13.8. The molecule has 0 N–H and O–H groups in total. The molecule has 2 atom stereocenters. The third kappa shape index (κ3) is 5.30. The SMILES string of the molecule is CC.CC(C)N1CC2CCCC(C1)N2c1ncc(C2CCN(C3CCCCC3)CC2)cn1. The highest BCUT2D eigenvalue weighted by Crippen LogP contribution is 2.34. The van der Waals surface area contributed by atoms with E-state index in [2.05, 4.69) is 40.9 Å². The van der Waals surface area contributed by atoms with Crippen molar-refractivity contribution in [1.82, 2.24) is 19.8 Å². The summed E-state index contributed by atoms with van der Waals surface area (Å²) in [6.45, 7) is 13.5. The van der Waals surface area contributed by atoms with Crippen LogP contribution >= 0.6 is 0 Å². The molecule has 3 aliphatic heterocycles. The second kappa shape index (κ2) is 11.3. The third-order valence-electron chi connectivity index (χ3n) is 8.46. The molecule has 4 heterocycles. The lowest BCUT2D eigenvalue weighted by atomic mass is 9.88. The maximum atomic E-state index is 4.92. The molecule has 0 amide bonds. The fourth-order valence-corrected chi connectivity index (χ4v) is 6.61. The van der Waals surface area contributed by atoms with Crippen molar-refractivity contribution in [3.63, 3.8) is 0 Å². The second-order valence-electron chi connectivity index (χ2n) is 10.6. The average Bonchev–Trinajstić information content (AvgIpc) is 2.85. The van der Waals surface area contributed by atoms with Crippen molar-refractivity contribution < 1.29 is 0 Å². The van der Waals surface area contributed by atoms with Gasteiger partial charge < -0.3 is 9.80 Å². The lowest BCUT2D eigenvalue weighted by Gasteiger charge is -2.51. The fraction of sp³-hybridized carbons (Fsp3) is 0.852. The van der Waals surface area contributed by atoms with E-state index < -0.39 is 0 Å². The van der Waals surface area contributed by atoms with E-state index in [-0.39, 0.29) is 0 Å². The van der Waals surface area contributed by atoms with Gasteiger partial charge in [0.05, 0.1) is 0 Å². The van der Waals surface area contributed by atoms with E-state index in [1.807, 2.05) is 13.8 Å². The zero-order valence-electron chi connectivity index (χ0n) is 21.2. The molecular formula is C27H47N5. The number of nitrogens with zero attached hydrogens (tertiary/aromatic N) is 5. The highest BCUT2D eigenvalue weighted by molar-refractivity contribution is 5.37. The molecule has 1 aliphatic carbocycles. The molecule has 3 saturated heterocycles. The Morgan fingerprint density at radius 2 is 1.31 bits per heavy atom. The van der Waals surface area contributed by atoms with Crippen LogP contribution in [0.2, 0.25) is 0 Å². The van der Waals surface area contributed by atoms with E-state index in [0.29, 0.717) is 24.0 Å². The molecule has 2 unspecified atom stereocenters. The predicted octanol–water partition coefficient (Wildman–Crippen LogP) is 5.47. The lowest BCUT2D eigenvalue weighted by molar-refractivity contribution is 0.121. The Morgan fingerprint density at radius 3 is 1.88 bits per heavy atom. The molecule has 4 aliphatic rings. The van der Waals surface area contributed by atoms with Gasteiger partial charge in [0.25, 0.3) is 0 Å². The summed E-state index contributed by atoms with van der Waals surface area (Å²) in [6, 6.07) is 2.68. The molecule has 1 saturated carbocycles. The summed E-state index contributed by atoms with van der Waals surface area (Å²) < 4.78 is 0. The Kier molecular flexibility index (Phi) is 8.44. The van der Waals surface area contributed by atoms with Crippen LogP contribution in [0.5, 0.6) is 0 Å². The summed E-state index contributed by atoms with van der Waals surface area (Å²) in [5.74, 6) is 1.63. The monoisotopic (exact) mass is 441 g/mol. The van der Waals surface area contributed by atoms with Crippen LogP contribution in [0.15, 0.2) is 12.4 Å². The van der Waals surface area contributed by atoms with Crippen molar-refractivity contribution in [3.05, 3.63) is 18.0 Å². The third-order valence-corrected chi connectivity index (χ3v) is 8.46. The Bertz CT molecular complexity index is 662. The Balaban J connectivity index is 0.00000119. The van der Waals surface area contributed by atoms with Gasteiger partial charge in [-0.3, -0.25) is 4.90 Å². The Morgan fingerprint density at radius 1 is 0.750 bits per heavy atom. The number of hydrogen-bond acceptors (Lipinski definition) is 5. The zero-order valence-corrected chi connectivity index (χ0v) is 21.2. The highest BCUT2D eigenvalue weighted by atomic mass is 15.4. The molecule has 2 bridgehead atoms. The predicted molar refractivity (Wildman–Crippen MR) is 134 cm³/mol. The molecule has 5 rings (SSSR count). The average molecular weight is 442 g/mol. The zero-order chi connectivity index (χ0) is 22.5. The van der Waals surface area contributed by atoms with E-state index >= 15 is 0 Å². The molecular weight excluding hydrogens is 394 g/mol. The molecule has 1 aromatic rings. The summed E-state index contributed by atoms with van der Waals surface area (Å²) >= 11 is 0. The van der Waals surface area contributed by atoms with E-state index in [1.54, 1.807) is 0 Å². The van der Waals surface area contributed by atoms with Gasteiger partial charge in [-0.1, -0.05) is 33.1 Å². The van der Waals surface area contributed by atoms with Gasteiger partial charge in [-0.05, 0) is 83.4 Å². The van der Waals surface area contributed by atoms with Gasteiger partial charge in [-0.15, -0.1) is 0 Å². The topological polar surface area (TPSA) is 35.5 Å². The van der Waals surface area contributed by atoms with Crippen molar-refractivity contribution in [2.24, 2.45) is 0 Å². The fourth-order valence-electron chi connectivity index (χ4n) is 6.61. The van der Waals surface area contributed by atoms with Gasteiger partial charge in [-0.2, -0.15) is 0 Å². The highest BCUT2D eigenvalue weighted by Gasteiger charge is 2.39. The Labute approximate surface area is 197 Å². The summed E-state index contributed by atoms with van der Waals surface area (Å²) in [5, 5.41) is 0. The van der Waals surface area contributed by atoms with Gasteiger partial charge in [0.1, 0.15) is 0 Å². The van der Waals surface area contributed by atoms with Gasteiger partial charge in [0, 0.05) is 49.7 Å². The van der Waals surface area contributed by atoms with Crippen LogP contribution in [0.1, 0.15) is 103 Å². The molecule has 32 heavy (non-hydrogen) atoms. The summed E-state index contributed by atoms with van der Waals surface area (Å²) in [7, 11) is 0. The minimum atomic E-state index is 0.587. The maximum absolute atomic E-state index is 4.92. The molecule has 1 aromatic heterocycles. The smallest absolute Gasteiger partial charge is 0.225 e. The normalized spacial score (nSPS) is 28.5. The van der Waals surface area contributed by atoms with Crippen LogP contribution in [0.25, 0.3) is 0 Å². The molecule has 4 fully saturated rings. The van der Waals surface area contributed by atoms with Crippen molar-refractivity contribution in [2.45, 2.75) is 122 Å². The van der Waals surface area contributed by atoms with Gasteiger partial charge in [0.2, 0.25) is 5.95 Å². The standard InChI is InChI=1S/C25H41N5.C2H6/c1-19(2)29-17-23-9-6-10-24(18-29)30(23)25-26-15-21(16-27-25)20-11-13-28(14-12-20)22-7-4-3-5-8-22;1-2/h15-16,19-20,22-24H,3-14,17-18H2,1-2H3;1-2H3. The molecule has 0 radical (unpaired) electrons. The summed E-state index contributed by atoms with van der Waals surface area (Å²) in [4.78, 5) is 17.8. The van der Waals surface area contributed by atoms with Crippen molar-refractivity contribution in [1.29, 1.82) is 0 Å². The van der Waals surface area contributed by atoms with E-state index in [1.165, 1.54) is 96.0 Å². The van der Waals surface area contributed by atoms with Crippen molar-refractivity contribution in [2.75, 3.05) is 31.1 Å². The van der Waals surface area contributed by atoms with Gasteiger partial charge >= 0.3 is 0 Å². The first kappa shape index (κ1) is 23.9. The molecule has 0 aromatic carbocycles. The van der Waals surface area contributed by atoms with Crippen LogP contribution in [0, 0.1) is 0 Å². The van der Waals surface area contributed by atoms with Gasteiger partial charge in [-0.25, -0.2) is 9.97 Å². The number of aromatic nitrogens is 2. The number of piperazine rings is 1. The van der Waals surface area contributed by atoms with E-state index in [4.69, 9.17) is 9.97 Å². The van der Waals surface area contributed by atoms with Crippen molar-refractivity contribution >= 4 is 5.95 Å². The van der Waals surface area contributed by atoms with Gasteiger partial charge in [0.15, 0.2) is 0 Å². The lowest BCUT2D eigenvalue weighted by Crippen LogP contribution is -2.62. The number of likely N-dealkylation sites (tertiary alicyclic amines) is 2. The first-order valence-electron chi connectivity index (χ1n) is 13.8. The number of piperidine rings is 2. The summed E-state index contributed by atoms with van der Waals surface area (Å²) in [6.07, 6.45) is 18.0. The van der Waals surface area contributed by atoms with Crippen LogP contribution < -0.4 is 4.90 Å². The molecule has 5 heteroatoms.